The van der Waals surface area contributed by atoms with E-state index in [-0.39, 0.29) is 16.6 Å². The highest BCUT2D eigenvalue weighted by Gasteiger charge is 2.40. The molecule has 0 fully saturated rings. The molecule has 0 bridgehead atoms. The monoisotopic (exact) mass is 530 g/mol. The van der Waals surface area contributed by atoms with Crippen LogP contribution >= 0.6 is 23.5 Å². The lowest BCUT2D eigenvalue weighted by atomic mass is 9.78. The fraction of sp³-hybridized carbons (Fsp3) is 0.333. The number of hydrogen-bond acceptors (Lipinski definition) is 4. The van der Waals surface area contributed by atoms with Gasteiger partial charge in [0, 0.05) is 0 Å². The molecule has 0 saturated carbocycles. The summed E-state index contributed by atoms with van der Waals surface area (Å²) in [4.78, 5) is 0. The van der Waals surface area contributed by atoms with E-state index in [1.165, 1.54) is 0 Å². The number of hydrogen-bond donors (Lipinski definition) is 1. The molecule has 33 heavy (non-hydrogen) atoms. The molecular weight excluding hydrogens is 499 g/mol. The number of halogens is 1. The average Bonchev–Trinajstić information content (AvgIpc) is 2.73. The molecule has 3 rings (SSSR count). The van der Waals surface area contributed by atoms with Crippen LogP contribution in [0.3, 0.4) is 0 Å². The van der Waals surface area contributed by atoms with Crippen molar-refractivity contribution in [3.63, 3.8) is 0 Å². The van der Waals surface area contributed by atoms with Gasteiger partial charge in [0.2, 0.25) is 0 Å². The molecule has 1 N–H and O–H groups in total. The molecule has 4 nitrogen and oxygen atoms in total. The Labute approximate surface area is 205 Å². The van der Waals surface area contributed by atoms with Crippen molar-refractivity contribution in [1.82, 2.24) is 0 Å². The van der Waals surface area contributed by atoms with Crippen molar-refractivity contribution >= 4 is 23.5 Å². The number of rotatable bonds is 6. The Hall–Kier alpha value is -2.23. The molecule has 1 unspecified atom stereocenters. The van der Waals surface area contributed by atoms with Crippen molar-refractivity contribution in [3.05, 3.63) is 89.5 Å². The predicted octanol–water partition coefficient (Wildman–Crippen LogP) is 8.73. The summed E-state index contributed by atoms with van der Waals surface area (Å²) >= 11 is 3.66. The maximum absolute atomic E-state index is 14.3. The molecule has 0 spiro atoms. The molecule has 0 radical (unpaired) electrons. The third-order valence-corrected chi connectivity index (χ3v) is 9.07. The molecular formula is C27H32BrO4P. The first-order chi connectivity index (χ1) is 15.3. The van der Waals surface area contributed by atoms with Gasteiger partial charge in [0.1, 0.15) is 17.2 Å². The maximum Gasteiger partial charge on any atom is 0.448 e. The number of phenols is 1. The maximum atomic E-state index is 14.3. The summed E-state index contributed by atoms with van der Waals surface area (Å²) in [6.07, 6.45) is 0. The first kappa shape index (κ1) is 25.4. The highest BCUT2D eigenvalue weighted by atomic mass is 79.9. The smallest absolute Gasteiger partial charge is 0.448 e. The molecule has 0 aromatic heterocycles. The van der Waals surface area contributed by atoms with Crippen LogP contribution in [0.5, 0.6) is 17.2 Å². The van der Waals surface area contributed by atoms with Crippen LogP contribution in [-0.2, 0) is 15.4 Å². The van der Waals surface area contributed by atoms with Crippen LogP contribution in [0.1, 0.15) is 62.8 Å². The quantitative estimate of drug-likeness (QED) is 0.255. The van der Waals surface area contributed by atoms with Gasteiger partial charge in [-0.2, -0.15) is 0 Å². The topological polar surface area (TPSA) is 55.8 Å². The van der Waals surface area contributed by atoms with Crippen LogP contribution in [0.25, 0.3) is 0 Å². The van der Waals surface area contributed by atoms with Crippen LogP contribution in [0.4, 0.5) is 0 Å². The third-order valence-electron chi connectivity index (χ3n) is 5.25. The fourth-order valence-electron chi connectivity index (χ4n) is 3.49. The van der Waals surface area contributed by atoms with Gasteiger partial charge in [-0.3, -0.25) is 0 Å². The first-order valence-electron chi connectivity index (χ1n) is 10.9. The Morgan fingerprint density at radius 3 is 1.45 bits per heavy atom. The Morgan fingerprint density at radius 1 is 0.758 bits per heavy atom. The second-order valence-electron chi connectivity index (χ2n) is 10.1. The molecule has 3 aromatic rings. The summed E-state index contributed by atoms with van der Waals surface area (Å²) < 4.78 is 25.6. The van der Waals surface area contributed by atoms with E-state index in [9.17, 15) is 9.67 Å². The van der Waals surface area contributed by atoms with E-state index >= 15 is 0 Å². The van der Waals surface area contributed by atoms with Crippen molar-refractivity contribution in [3.8, 4) is 17.2 Å². The zero-order valence-electron chi connectivity index (χ0n) is 20.0. The van der Waals surface area contributed by atoms with Gasteiger partial charge in [0.15, 0.2) is 4.57 Å². The van der Waals surface area contributed by atoms with Crippen molar-refractivity contribution < 1.29 is 18.7 Å². The van der Waals surface area contributed by atoms with E-state index in [4.69, 9.17) is 9.05 Å². The molecule has 1 atom stereocenters. The minimum atomic E-state index is -3.80. The summed E-state index contributed by atoms with van der Waals surface area (Å²) in [5.41, 5.74) is 1.63. The first-order valence-corrected chi connectivity index (χ1v) is 13.4. The fourth-order valence-corrected chi connectivity index (χ4v) is 5.82. The Kier molecular flexibility index (Phi) is 7.36. The highest BCUT2D eigenvalue weighted by molar-refractivity contribution is 9.10. The Balaban J connectivity index is 2.16. The average molecular weight is 531 g/mol. The minimum Gasteiger partial charge on any atom is -0.507 e. The molecule has 6 heteroatoms. The number of phenolic OH excluding ortho intramolecular Hbond substituents is 1. The summed E-state index contributed by atoms with van der Waals surface area (Å²) in [5.74, 6) is 1.17. The minimum absolute atomic E-state index is 0.265. The van der Waals surface area contributed by atoms with E-state index in [0.717, 1.165) is 16.7 Å². The molecule has 0 saturated heterocycles. The lowest BCUT2D eigenvalue weighted by Gasteiger charge is -2.30. The van der Waals surface area contributed by atoms with Crippen LogP contribution in [0, 0.1) is 0 Å². The number of aromatic hydroxyl groups is 1. The predicted molar refractivity (Wildman–Crippen MR) is 139 cm³/mol. The molecule has 0 aliphatic carbocycles. The number of alkyl halides is 1. The van der Waals surface area contributed by atoms with Crippen molar-refractivity contribution in [2.75, 3.05) is 0 Å². The van der Waals surface area contributed by atoms with Gasteiger partial charge < -0.3 is 14.2 Å². The van der Waals surface area contributed by atoms with Gasteiger partial charge in [0.25, 0.3) is 0 Å². The van der Waals surface area contributed by atoms with Gasteiger partial charge in [-0.1, -0.05) is 93.9 Å². The van der Waals surface area contributed by atoms with Gasteiger partial charge in [-0.25, -0.2) is 4.57 Å². The van der Waals surface area contributed by atoms with E-state index in [1.807, 2.05) is 90.1 Å². The third kappa shape index (κ3) is 6.02. The second kappa shape index (κ2) is 9.56. The molecule has 0 aliphatic rings. The van der Waals surface area contributed by atoms with Crippen LogP contribution in [0.15, 0.2) is 72.8 Å². The normalized spacial score (nSPS) is 13.4. The van der Waals surface area contributed by atoms with Crippen molar-refractivity contribution in [2.45, 2.75) is 56.9 Å². The van der Waals surface area contributed by atoms with Crippen LogP contribution in [-0.4, -0.2) is 5.11 Å². The standard InChI is InChI=1S/C27H32BrO4P/c1-26(2,3)22-17-19(18-23(24(22)29)27(4,5)6)25(28)33(30,31-20-13-9-7-10-14-20)32-21-15-11-8-12-16-21/h7-18,25,29H,1-6H3. The van der Waals surface area contributed by atoms with Gasteiger partial charge in [-0.05, 0) is 63.9 Å². The summed E-state index contributed by atoms with van der Waals surface area (Å²) in [5, 5.41) is 11.1. The van der Waals surface area contributed by atoms with E-state index < -0.39 is 12.2 Å². The SMILES string of the molecule is CC(C)(C)c1cc(C(Br)P(=O)(Oc2ccccc2)Oc2ccccc2)cc(C(C)(C)C)c1O. The zero-order chi connectivity index (χ0) is 24.4. The van der Waals surface area contributed by atoms with Crippen molar-refractivity contribution in [1.29, 1.82) is 0 Å². The zero-order valence-corrected chi connectivity index (χ0v) is 22.5. The summed E-state index contributed by atoms with van der Waals surface area (Å²) in [6.45, 7) is 12.3. The molecule has 176 valence electrons. The highest BCUT2D eigenvalue weighted by Crippen LogP contribution is 2.63. The van der Waals surface area contributed by atoms with E-state index in [2.05, 4.69) is 15.9 Å². The van der Waals surface area contributed by atoms with Gasteiger partial charge in [-0.15, -0.1) is 0 Å². The van der Waals surface area contributed by atoms with Gasteiger partial charge >= 0.3 is 7.60 Å². The van der Waals surface area contributed by atoms with Gasteiger partial charge in [0.05, 0.1) is 0 Å². The van der Waals surface area contributed by atoms with Crippen molar-refractivity contribution in [2.24, 2.45) is 0 Å². The Morgan fingerprint density at radius 2 is 1.12 bits per heavy atom. The number of para-hydroxylation sites is 2. The molecule has 0 aliphatic heterocycles. The van der Waals surface area contributed by atoms with E-state index in [0.29, 0.717) is 11.5 Å². The molecule has 0 heterocycles. The summed E-state index contributed by atoms with van der Waals surface area (Å²) in [6, 6.07) is 21.8. The largest absolute Gasteiger partial charge is 0.507 e. The lowest BCUT2D eigenvalue weighted by molar-refractivity contribution is 0.383. The summed E-state index contributed by atoms with van der Waals surface area (Å²) in [7, 11) is -3.80. The molecule has 3 aromatic carbocycles. The second-order valence-corrected chi connectivity index (χ2v) is 13.7. The van der Waals surface area contributed by atoms with Crippen LogP contribution in [0.2, 0.25) is 0 Å². The Bertz CT molecular complexity index is 1050. The van der Waals surface area contributed by atoms with E-state index in [1.54, 1.807) is 24.3 Å². The molecule has 0 amide bonds. The number of benzene rings is 3. The lowest BCUT2D eigenvalue weighted by Crippen LogP contribution is -2.18. The van der Waals surface area contributed by atoms with Crippen LogP contribution < -0.4 is 9.05 Å².